The Labute approximate surface area is 145 Å². The molecule has 3 aromatic rings. The number of nitrogens with two attached hydrogens (primary N) is 1. The van der Waals surface area contributed by atoms with E-state index in [0.717, 1.165) is 11.3 Å². The molecule has 25 heavy (non-hydrogen) atoms. The molecule has 0 fully saturated rings. The van der Waals surface area contributed by atoms with Crippen LogP contribution in [0, 0.1) is 6.92 Å². The molecule has 0 saturated carbocycles. The molecule has 5 nitrogen and oxygen atoms in total. The van der Waals surface area contributed by atoms with E-state index in [1.54, 1.807) is 36.4 Å². The average molecular weight is 334 g/mol. The SMILES string of the molecule is Cc1ccc(C(=O)O[C@@H](C(N)=O)c2ccccc2)cc1-n1cccc1. The standard InChI is InChI=1S/C20H18N2O3/c1-14-9-10-16(13-17(14)22-11-5-6-12-22)20(24)25-18(19(21)23)15-7-3-2-4-8-15/h2-13,18H,1H3,(H2,21,23)/t18-/m1/s1. The molecule has 0 radical (unpaired) electrons. The minimum Gasteiger partial charge on any atom is -0.444 e. The Kier molecular flexibility index (Phi) is 4.66. The molecule has 126 valence electrons. The molecular formula is C20H18N2O3. The van der Waals surface area contributed by atoms with Crippen molar-refractivity contribution in [2.24, 2.45) is 5.73 Å². The Morgan fingerprint density at radius 2 is 1.68 bits per heavy atom. The first-order chi connectivity index (χ1) is 12.1. The second-order valence-corrected chi connectivity index (χ2v) is 5.69. The van der Waals surface area contributed by atoms with E-state index in [0.29, 0.717) is 11.1 Å². The summed E-state index contributed by atoms with van der Waals surface area (Å²) < 4.78 is 7.29. The van der Waals surface area contributed by atoms with Crippen LogP contribution >= 0.6 is 0 Å². The highest BCUT2D eigenvalue weighted by molar-refractivity contribution is 5.93. The molecule has 1 atom stereocenters. The topological polar surface area (TPSA) is 74.3 Å². The number of primary amides is 1. The fourth-order valence-corrected chi connectivity index (χ4v) is 2.60. The van der Waals surface area contributed by atoms with Crippen LogP contribution in [0.5, 0.6) is 0 Å². The quantitative estimate of drug-likeness (QED) is 0.728. The van der Waals surface area contributed by atoms with Crippen molar-refractivity contribution >= 4 is 11.9 Å². The third kappa shape index (κ3) is 3.61. The fraction of sp³-hybridized carbons (Fsp3) is 0.100. The van der Waals surface area contributed by atoms with Crippen molar-refractivity contribution in [3.8, 4) is 5.69 Å². The van der Waals surface area contributed by atoms with E-state index in [9.17, 15) is 9.59 Å². The summed E-state index contributed by atoms with van der Waals surface area (Å²) in [5.41, 5.74) is 8.19. The molecule has 0 spiro atoms. The third-order valence-corrected chi connectivity index (χ3v) is 3.91. The van der Waals surface area contributed by atoms with E-state index in [4.69, 9.17) is 10.5 Å². The van der Waals surface area contributed by atoms with Gasteiger partial charge in [-0.15, -0.1) is 0 Å². The number of hydrogen-bond donors (Lipinski definition) is 1. The van der Waals surface area contributed by atoms with E-state index in [-0.39, 0.29) is 0 Å². The normalized spacial score (nSPS) is 11.7. The Morgan fingerprint density at radius 3 is 2.32 bits per heavy atom. The van der Waals surface area contributed by atoms with Crippen molar-refractivity contribution in [1.29, 1.82) is 0 Å². The molecule has 5 heteroatoms. The highest BCUT2D eigenvalue weighted by Crippen LogP contribution is 2.21. The summed E-state index contributed by atoms with van der Waals surface area (Å²) in [7, 11) is 0. The number of esters is 1. The zero-order chi connectivity index (χ0) is 17.8. The molecule has 1 aromatic heterocycles. The van der Waals surface area contributed by atoms with Crippen LogP contribution in [0.4, 0.5) is 0 Å². The van der Waals surface area contributed by atoms with Gasteiger partial charge in [-0.1, -0.05) is 36.4 Å². The van der Waals surface area contributed by atoms with Gasteiger partial charge in [-0.25, -0.2) is 4.79 Å². The molecule has 1 amide bonds. The second kappa shape index (κ2) is 7.05. The summed E-state index contributed by atoms with van der Waals surface area (Å²) >= 11 is 0. The van der Waals surface area contributed by atoms with Crippen molar-refractivity contribution in [1.82, 2.24) is 4.57 Å². The van der Waals surface area contributed by atoms with Gasteiger partial charge in [0.2, 0.25) is 6.10 Å². The number of amides is 1. The summed E-state index contributed by atoms with van der Waals surface area (Å²) in [6.07, 6.45) is 2.67. The first kappa shape index (κ1) is 16.5. The van der Waals surface area contributed by atoms with Crippen molar-refractivity contribution in [3.05, 3.63) is 89.7 Å². The predicted molar refractivity (Wildman–Crippen MR) is 94.3 cm³/mol. The minimum atomic E-state index is -1.12. The predicted octanol–water partition coefficient (Wildman–Crippen LogP) is 3.17. The van der Waals surface area contributed by atoms with Crippen LogP contribution in [0.25, 0.3) is 5.69 Å². The van der Waals surface area contributed by atoms with E-state index in [1.165, 1.54) is 0 Å². The van der Waals surface area contributed by atoms with Crippen LogP contribution in [0.15, 0.2) is 73.1 Å². The van der Waals surface area contributed by atoms with Crippen molar-refractivity contribution in [3.63, 3.8) is 0 Å². The summed E-state index contributed by atoms with van der Waals surface area (Å²) in [6, 6.07) is 17.8. The van der Waals surface area contributed by atoms with Gasteiger partial charge in [0.25, 0.3) is 5.91 Å². The largest absolute Gasteiger partial charge is 0.444 e. The van der Waals surface area contributed by atoms with Gasteiger partial charge in [0.05, 0.1) is 5.56 Å². The molecule has 1 heterocycles. The number of benzene rings is 2. The first-order valence-electron chi connectivity index (χ1n) is 7.85. The van der Waals surface area contributed by atoms with Crippen molar-refractivity contribution in [2.45, 2.75) is 13.0 Å². The van der Waals surface area contributed by atoms with Crippen LogP contribution in [0.3, 0.4) is 0 Å². The number of aromatic nitrogens is 1. The zero-order valence-corrected chi connectivity index (χ0v) is 13.8. The van der Waals surface area contributed by atoms with E-state index in [2.05, 4.69) is 0 Å². The van der Waals surface area contributed by atoms with Crippen LogP contribution < -0.4 is 5.73 Å². The molecule has 0 aliphatic heterocycles. The van der Waals surface area contributed by atoms with Crippen molar-refractivity contribution in [2.75, 3.05) is 0 Å². The number of aryl methyl sites for hydroxylation is 1. The maximum Gasteiger partial charge on any atom is 0.339 e. The van der Waals surface area contributed by atoms with Gasteiger partial charge >= 0.3 is 5.97 Å². The monoisotopic (exact) mass is 334 g/mol. The van der Waals surface area contributed by atoms with Gasteiger partial charge in [0.1, 0.15) is 0 Å². The summed E-state index contributed by atoms with van der Waals surface area (Å²) in [6.45, 7) is 1.96. The molecule has 0 aliphatic rings. The number of hydrogen-bond acceptors (Lipinski definition) is 3. The van der Waals surface area contributed by atoms with Crippen LogP contribution in [0.1, 0.15) is 27.6 Å². The number of rotatable bonds is 5. The second-order valence-electron chi connectivity index (χ2n) is 5.69. The smallest absolute Gasteiger partial charge is 0.339 e. The Balaban J connectivity index is 1.88. The van der Waals surface area contributed by atoms with Crippen LogP contribution in [-0.4, -0.2) is 16.4 Å². The highest BCUT2D eigenvalue weighted by Gasteiger charge is 2.23. The van der Waals surface area contributed by atoms with E-state index >= 15 is 0 Å². The summed E-state index contributed by atoms with van der Waals surface area (Å²) in [5.74, 6) is -1.31. The third-order valence-electron chi connectivity index (χ3n) is 3.91. The molecule has 0 unspecified atom stereocenters. The fourth-order valence-electron chi connectivity index (χ4n) is 2.60. The summed E-state index contributed by atoms with van der Waals surface area (Å²) in [4.78, 5) is 24.2. The van der Waals surface area contributed by atoms with Crippen molar-refractivity contribution < 1.29 is 14.3 Å². The molecular weight excluding hydrogens is 316 g/mol. The van der Waals surface area contributed by atoms with E-state index < -0.39 is 18.0 Å². The molecule has 0 bridgehead atoms. The number of carbonyl (C=O) groups excluding carboxylic acids is 2. The lowest BCUT2D eigenvalue weighted by atomic mass is 10.1. The number of carbonyl (C=O) groups is 2. The lowest BCUT2D eigenvalue weighted by molar-refractivity contribution is -0.127. The van der Waals surface area contributed by atoms with Gasteiger partial charge in [0, 0.05) is 23.6 Å². The molecule has 2 N–H and O–H groups in total. The van der Waals surface area contributed by atoms with Crippen LogP contribution in [-0.2, 0) is 9.53 Å². The average Bonchev–Trinajstić information content (AvgIpc) is 3.14. The summed E-state index contributed by atoms with van der Waals surface area (Å²) in [5, 5.41) is 0. The molecule has 0 aliphatic carbocycles. The minimum absolute atomic E-state index is 0.358. The van der Waals surface area contributed by atoms with E-state index in [1.807, 2.05) is 48.1 Å². The van der Waals surface area contributed by atoms with Crippen LogP contribution in [0.2, 0.25) is 0 Å². The zero-order valence-electron chi connectivity index (χ0n) is 13.8. The Hall–Kier alpha value is -3.34. The Bertz CT molecular complexity index is 887. The highest BCUT2D eigenvalue weighted by atomic mass is 16.5. The lowest BCUT2D eigenvalue weighted by Crippen LogP contribution is -2.26. The van der Waals surface area contributed by atoms with Gasteiger partial charge in [-0.3, -0.25) is 4.79 Å². The molecule has 0 saturated heterocycles. The first-order valence-corrected chi connectivity index (χ1v) is 7.85. The maximum absolute atomic E-state index is 12.5. The van der Waals surface area contributed by atoms with Gasteiger partial charge in [-0.2, -0.15) is 0 Å². The molecule has 3 rings (SSSR count). The number of ether oxygens (including phenoxy) is 1. The lowest BCUT2D eigenvalue weighted by Gasteiger charge is -2.16. The Morgan fingerprint density at radius 1 is 1.00 bits per heavy atom. The van der Waals surface area contributed by atoms with Gasteiger partial charge in [0.15, 0.2) is 0 Å². The van der Waals surface area contributed by atoms with Gasteiger partial charge in [-0.05, 0) is 36.8 Å². The maximum atomic E-state index is 12.5. The van der Waals surface area contributed by atoms with Gasteiger partial charge < -0.3 is 15.0 Å². The number of nitrogens with zero attached hydrogens (tertiary/aromatic N) is 1. The molecule has 2 aromatic carbocycles.